The molecule has 0 bridgehead atoms. The van der Waals surface area contributed by atoms with Crippen LogP contribution in [-0.4, -0.2) is 51.3 Å². The molecule has 2 aromatic rings. The molecule has 0 aliphatic heterocycles. The molecule has 0 saturated heterocycles. The molecule has 0 aliphatic rings. The Hall–Kier alpha value is -3.65. The van der Waals surface area contributed by atoms with Crippen LogP contribution in [0.3, 0.4) is 0 Å². The lowest BCUT2D eigenvalue weighted by atomic mass is 10.1. The van der Waals surface area contributed by atoms with Crippen molar-refractivity contribution < 1.29 is 41.3 Å². The lowest BCUT2D eigenvalue weighted by molar-refractivity contribution is -0.386. The van der Waals surface area contributed by atoms with Gasteiger partial charge in [0.1, 0.15) is 11.3 Å². The lowest BCUT2D eigenvalue weighted by Crippen LogP contribution is -2.19. The van der Waals surface area contributed by atoms with Crippen molar-refractivity contribution in [3.05, 3.63) is 39.6 Å². The average molecular weight is 428 g/mol. The fourth-order valence-electron chi connectivity index (χ4n) is 2.25. The van der Waals surface area contributed by atoms with Gasteiger partial charge in [0.05, 0.1) is 32.5 Å². The van der Waals surface area contributed by atoms with Gasteiger partial charge in [-0.2, -0.15) is 5.10 Å². The number of ether oxygens (including phenoxy) is 3. The molecule has 0 aliphatic carbocycles. The molecule has 1 amide bonds. The topological polar surface area (TPSA) is 183 Å². The lowest BCUT2D eigenvalue weighted by Gasteiger charge is -2.14. The number of carbonyl (C=O) groups excluding carboxylic acids is 1. The Morgan fingerprint density at radius 1 is 1.21 bits per heavy atom. The standard InChI is InChI=1S/C15H15N3O10S/c1-25-10-6-9(12(18(20)21)14(27-3)13(10)26-2)15(19)17-16-7-8-4-5-11(28-8)29(22,23)24/h4-7H,1-3H3,(H,17,19)(H,22,23,24)/p-1/b16-7+. The van der Waals surface area contributed by atoms with Crippen molar-refractivity contribution >= 4 is 27.9 Å². The van der Waals surface area contributed by atoms with Gasteiger partial charge < -0.3 is 23.2 Å². The Morgan fingerprint density at radius 3 is 2.34 bits per heavy atom. The zero-order chi connectivity index (χ0) is 21.8. The van der Waals surface area contributed by atoms with Crippen molar-refractivity contribution in [2.45, 2.75) is 5.09 Å². The van der Waals surface area contributed by atoms with E-state index in [9.17, 15) is 27.9 Å². The summed E-state index contributed by atoms with van der Waals surface area (Å²) in [5.41, 5.74) is 0.892. The molecule has 0 atom stereocenters. The number of nitrogens with zero attached hydrogens (tertiary/aromatic N) is 2. The van der Waals surface area contributed by atoms with Crippen LogP contribution < -0.4 is 19.6 Å². The number of benzene rings is 1. The fourth-order valence-corrected chi connectivity index (χ4v) is 2.68. The van der Waals surface area contributed by atoms with Gasteiger partial charge in [-0.3, -0.25) is 14.9 Å². The monoisotopic (exact) mass is 428 g/mol. The number of hydrogen-bond acceptors (Lipinski definition) is 11. The molecule has 14 heteroatoms. The summed E-state index contributed by atoms with van der Waals surface area (Å²) in [6, 6.07) is 3.11. The van der Waals surface area contributed by atoms with Gasteiger partial charge in [0.2, 0.25) is 16.6 Å². The van der Waals surface area contributed by atoms with E-state index in [2.05, 4.69) is 5.10 Å². The number of furan rings is 1. The van der Waals surface area contributed by atoms with E-state index in [4.69, 9.17) is 18.6 Å². The van der Waals surface area contributed by atoms with Crippen LogP contribution in [0.25, 0.3) is 0 Å². The first kappa shape index (κ1) is 21.6. The number of hydrazone groups is 1. The number of nitrogens with one attached hydrogen (secondary N) is 1. The molecule has 2 rings (SSSR count). The summed E-state index contributed by atoms with van der Waals surface area (Å²) in [5, 5.41) is 14.2. The smallest absolute Gasteiger partial charge is 0.327 e. The van der Waals surface area contributed by atoms with Crippen molar-refractivity contribution in [1.29, 1.82) is 0 Å². The summed E-state index contributed by atoms with van der Waals surface area (Å²) >= 11 is 0. The third-order valence-electron chi connectivity index (χ3n) is 3.44. The normalized spacial score (nSPS) is 11.3. The maximum Gasteiger partial charge on any atom is 0.327 e. The minimum absolute atomic E-state index is 0.000378. The van der Waals surface area contributed by atoms with Gasteiger partial charge in [-0.15, -0.1) is 0 Å². The highest BCUT2D eigenvalue weighted by Crippen LogP contribution is 2.46. The predicted octanol–water partition coefficient (Wildman–Crippen LogP) is 0.882. The predicted molar refractivity (Wildman–Crippen MR) is 94.5 cm³/mol. The second-order valence-corrected chi connectivity index (χ2v) is 6.42. The first-order valence-corrected chi connectivity index (χ1v) is 8.91. The molecule has 0 unspecified atom stereocenters. The maximum absolute atomic E-state index is 12.4. The van der Waals surface area contributed by atoms with Crippen molar-refractivity contribution in [2.24, 2.45) is 5.10 Å². The zero-order valence-electron chi connectivity index (χ0n) is 15.2. The molecule has 0 saturated carbocycles. The van der Waals surface area contributed by atoms with E-state index in [1.54, 1.807) is 0 Å². The summed E-state index contributed by atoms with van der Waals surface area (Å²) in [4.78, 5) is 23.0. The Balaban J connectivity index is 2.37. The van der Waals surface area contributed by atoms with Gasteiger partial charge in [0.15, 0.2) is 15.9 Å². The van der Waals surface area contributed by atoms with Crippen LogP contribution >= 0.6 is 0 Å². The number of carbonyl (C=O) groups is 1. The minimum atomic E-state index is -4.78. The minimum Gasteiger partial charge on any atom is -0.742 e. The highest BCUT2D eigenvalue weighted by atomic mass is 32.2. The Kier molecular flexibility index (Phi) is 6.40. The van der Waals surface area contributed by atoms with Crippen LogP contribution in [0.4, 0.5) is 5.69 Å². The SMILES string of the molecule is COc1cc(C(=O)N/N=C/c2ccc(S(=O)(=O)[O-])o2)c([N+](=O)[O-])c(OC)c1OC. The summed E-state index contributed by atoms with van der Waals surface area (Å²) in [6.07, 6.45) is 0.899. The fraction of sp³-hybridized carbons (Fsp3) is 0.200. The highest BCUT2D eigenvalue weighted by molar-refractivity contribution is 7.85. The first-order valence-electron chi connectivity index (χ1n) is 7.50. The molecule has 1 aromatic heterocycles. The van der Waals surface area contributed by atoms with Gasteiger partial charge in [-0.25, -0.2) is 13.8 Å². The second-order valence-electron chi connectivity index (χ2n) is 5.11. The zero-order valence-corrected chi connectivity index (χ0v) is 16.0. The van der Waals surface area contributed by atoms with Crippen LogP contribution in [0, 0.1) is 10.1 Å². The molecule has 0 radical (unpaired) electrons. The first-order chi connectivity index (χ1) is 13.6. The highest BCUT2D eigenvalue weighted by Gasteiger charge is 2.32. The largest absolute Gasteiger partial charge is 0.742 e. The van der Waals surface area contributed by atoms with E-state index >= 15 is 0 Å². The van der Waals surface area contributed by atoms with E-state index in [0.717, 1.165) is 31.5 Å². The second kappa shape index (κ2) is 8.57. The van der Waals surface area contributed by atoms with E-state index in [1.165, 1.54) is 14.2 Å². The van der Waals surface area contributed by atoms with Crippen LogP contribution in [-0.2, 0) is 10.1 Å². The molecule has 0 spiro atoms. The van der Waals surface area contributed by atoms with E-state index < -0.39 is 37.3 Å². The van der Waals surface area contributed by atoms with Gasteiger partial charge in [0, 0.05) is 6.07 Å². The molecular weight excluding hydrogens is 414 g/mol. The van der Waals surface area contributed by atoms with Crippen LogP contribution in [0.15, 0.2) is 32.8 Å². The molecule has 156 valence electrons. The van der Waals surface area contributed by atoms with E-state index in [0.29, 0.717) is 0 Å². The molecule has 29 heavy (non-hydrogen) atoms. The van der Waals surface area contributed by atoms with Crippen LogP contribution in [0.5, 0.6) is 17.2 Å². The molecule has 13 nitrogen and oxygen atoms in total. The van der Waals surface area contributed by atoms with Gasteiger partial charge in [-0.1, -0.05) is 0 Å². The Bertz CT molecular complexity index is 1070. The van der Waals surface area contributed by atoms with E-state index in [-0.39, 0.29) is 23.0 Å². The number of nitro groups is 1. The van der Waals surface area contributed by atoms with Crippen molar-refractivity contribution in [2.75, 3.05) is 21.3 Å². The number of rotatable bonds is 8. The number of methoxy groups -OCH3 is 3. The molecule has 0 fully saturated rings. The quantitative estimate of drug-likeness (QED) is 0.274. The van der Waals surface area contributed by atoms with Crippen LogP contribution in [0.2, 0.25) is 0 Å². The van der Waals surface area contributed by atoms with Gasteiger partial charge in [-0.05, 0) is 12.1 Å². The molecule has 1 N–H and O–H groups in total. The summed E-state index contributed by atoms with van der Waals surface area (Å²) in [5.74, 6) is -1.57. The Morgan fingerprint density at radius 2 is 1.86 bits per heavy atom. The van der Waals surface area contributed by atoms with E-state index in [1.807, 2.05) is 5.43 Å². The van der Waals surface area contributed by atoms with Crippen molar-refractivity contribution in [1.82, 2.24) is 5.43 Å². The third kappa shape index (κ3) is 4.61. The van der Waals surface area contributed by atoms with Crippen molar-refractivity contribution in [3.63, 3.8) is 0 Å². The number of nitro benzene ring substituents is 1. The third-order valence-corrected chi connectivity index (χ3v) is 4.15. The summed E-state index contributed by atoms with van der Waals surface area (Å²) in [7, 11) is -1.12. The number of hydrogen-bond donors (Lipinski definition) is 1. The number of amides is 1. The maximum atomic E-state index is 12.4. The molecule has 1 aromatic carbocycles. The Labute approximate surface area is 163 Å². The van der Waals surface area contributed by atoms with Crippen LogP contribution in [0.1, 0.15) is 16.1 Å². The summed E-state index contributed by atoms with van der Waals surface area (Å²) in [6.45, 7) is 0. The van der Waals surface area contributed by atoms with Gasteiger partial charge >= 0.3 is 5.69 Å². The van der Waals surface area contributed by atoms with Gasteiger partial charge in [0.25, 0.3) is 5.91 Å². The van der Waals surface area contributed by atoms with Crippen molar-refractivity contribution in [3.8, 4) is 17.2 Å². The summed E-state index contributed by atoms with van der Waals surface area (Å²) < 4.78 is 52.3. The molecule has 1 heterocycles. The molecular formula is C15H14N3O10S-. The average Bonchev–Trinajstić information content (AvgIpc) is 3.15.